The van der Waals surface area contributed by atoms with Crippen LogP contribution in [0.15, 0.2) is 60.7 Å². The minimum Gasteiger partial charge on any atom is -0.367 e. The lowest BCUT2D eigenvalue weighted by molar-refractivity contribution is 0.0127. The molecular formula is C14H16O4Si. The highest BCUT2D eigenvalue weighted by molar-refractivity contribution is 6.50. The van der Waals surface area contributed by atoms with Gasteiger partial charge in [0, 0.05) is 0 Å². The molecule has 0 radical (unpaired) electrons. The van der Waals surface area contributed by atoms with E-state index in [-0.39, 0.29) is 13.2 Å². The van der Waals surface area contributed by atoms with Crippen molar-refractivity contribution in [2.75, 3.05) is 0 Å². The SMILES string of the molecule is O[Si](O)(OCc1ccccc1)OCc1ccccc1. The van der Waals surface area contributed by atoms with Gasteiger partial charge in [0.25, 0.3) is 0 Å². The van der Waals surface area contributed by atoms with E-state index >= 15 is 0 Å². The maximum atomic E-state index is 9.69. The summed E-state index contributed by atoms with van der Waals surface area (Å²) in [5.74, 6) is 0. The van der Waals surface area contributed by atoms with Gasteiger partial charge in [-0.25, -0.2) is 0 Å². The average Bonchev–Trinajstić information content (AvgIpc) is 2.46. The summed E-state index contributed by atoms with van der Waals surface area (Å²) >= 11 is 0. The first-order chi connectivity index (χ1) is 9.16. The van der Waals surface area contributed by atoms with Crippen LogP contribution in [0.3, 0.4) is 0 Å². The molecule has 0 heterocycles. The Labute approximate surface area is 113 Å². The first-order valence-electron chi connectivity index (χ1n) is 5.96. The molecule has 0 saturated heterocycles. The zero-order valence-corrected chi connectivity index (χ0v) is 11.4. The molecule has 0 aliphatic heterocycles. The van der Waals surface area contributed by atoms with Crippen molar-refractivity contribution in [2.24, 2.45) is 0 Å². The Balaban J connectivity index is 1.82. The molecule has 19 heavy (non-hydrogen) atoms. The van der Waals surface area contributed by atoms with Gasteiger partial charge < -0.3 is 18.4 Å². The zero-order valence-electron chi connectivity index (χ0n) is 10.4. The minimum atomic E-state index is -4.07. The van der Waals surface area contributed by atoms with Gasteiger partial charge in [0.15, 0.2) is 0 Å². The monoisotopic (exact) mass is 276 g/mol. The molecule has 0 bridgehead atoms. The molecule has 4 nitrogen and oxygen atoms in total. The van der Waals surface area contributed by atoms with Crippen molar-refractivity contribution in [3.63, 3.8) is 0 Å². The second-order valence-corrected chi connectivity index (χ2v) is 5.77. The molecule has 2 rings (SSSR count). The Kier molecular flexibility index (Phi) is 4.84. The van der Waals surface area contributed by atoms with Gasteiger partial charge in [0.2, 0.25) is 0 Å². The van der Waals surface area contributed by atoms with E-state index in [0.717, 1.165) is 11.1 Å². The number of hydrogen-bond acceptors (Lipinski definition) is 4. The fourth-order valence-electron chi connectivity index (χ4n) is 1.54. The average molecular weight is 276 g/mol. The molecule has 0 atom stereocenters. The second-order valence-electron chi connectivity index (χ2n) is 4.10. The summed E-state index contributed by atoms with van der Waals surface area (Å²) in [6.07, 6.45) is 0. The van der Waals surface area contributed by atoms with Crippen molar-refractivity contribution in [2.45, 2.75) is 13.2 Å². The van der Waals surface area contributed by atoms with Crippen molar-refractivity contribution < 1.29 is 18.4 Å². The third-order valence-corrected chi connectivity index (χ3v) is 3.58. The summed E-state index contributed by atoms with van der Waals surface area (Å²) in [6.45, 7) is 0.240. The van der Waals surface area contributed by atoms with Gasteiger partial charge in [-0.1, -0.05) is 60.7 Å². The van der Waals surface area contributed by atoms with E-state index in [0.29, 0.717) is 0 Å². The van der Waals surface area contributed by atoms with E-state index in [4.69, 9.17) is 8.85 Å². The van der Waals surface area contributed by atoms with Crippen LogP contribution < -0.4 is 0 Å². The van der Waals surface area contributed by atoms with E-state index in [1.54, 1.807) is 0 Å². The van der Waals surface area contributed by atoms with Gasteiger partial charge in [-0.05, 0) is 11.1 Å². The third kappa shape index (κ3) is 4.94. The molecule has 0 fully saturated rings. The number of hydrogen-bond donors (Lipinski definition) is 2. The van der Waals surface area contributed by atoms with Crippen molar-refractivity contribution in [3.8, 4) is 0 Å². The summed E-state index contributed by atoms with van der Waals surface area (Å²) in [6, 6.07) is 18.6. The van der Waals surface area contributed by atoms with Crippen LogP contribution in [0.5, 0.6) is 0 Å². The van der Waals surface area contributed by atoms with Crippen molar-refractivity contribution >= 4 is 9.05 Å². The Morgan fingerprint density at radius 3 is 1.42 bits per heavy atom. The molecule has 5 heteroatoms. The Morgan fingerprint density at radius 2 is 1.05 bits per heavy atom. The molecule has 0 amide bonds. The van der Waals surface area contributed by atoms with Crippen LogP contribution in [0.1, 0.15) is 11.1 Å². The first-order valence-corrected chi connectivity index (χ1v) is 7.67. The Morgan fingerprint density at radius 1 is 0.684 bits per heavy atom. The largest absolute Gasteiger partial charge is 0.674 e. The predicted octanol–water partition coefficient (Wildman–Crippen LogP) is 1.84. The van der Waals surface area contributed by atoms with E-state index in [2.05, 4.69) is 0 Å². The maximum absolute atomic E-state index is 9.69. The highest BCUT2D eigenvalue weighted by Crippen LogP contribution is 2.09. The highest BCUT2D eigenvalue weighted by atomic mass is 28.4. The molecule has 0 aliphatic rings. The normalized spacial score (nSPS) is 11.5. The molecule has 0 aliphatic carbocycles. The lowest BCUT2D eigenvalue weighted by atomic mass is 10.2. The summed E-state index contributed by atoms with van der Waals surface area (Å²) < 4.78 is 10.1. The van der Waals surface area contributed by atoms with Crippen LogP contribution in [0.4, 0.5) is 0 Å². The molecule has 0 aromatic heterocycles. The van der Waals surface area contributed by atoms with E-state index in [1.165, 1.54) is 0 Å². The van der Waals surface area contributed by atoms with Crippen LogP contribution in [0.2, 0.25) is 0 Å². The predicted molar refractivity (Wildman–Crippen MR) is 72.7 cm³/mol. The van der Waals surface area contributed by atoms with Gasteiger partial charge in [-0.2, -0.15) is 0 Å². The van der Waals surface area contributed by atoms with Crippen molar-refractivity contribution in [1.29, 1.82) is 0 Å². The van der Waals surface area contributed by atoms with Crippen LogP contribution in [-0.4, -0.2) is 18.6 Å². The van der Waals surface area contributed by atoms with Gasteiger partial charge in [-0.15, -0.1) is 0 Å². The summed E-state index contributed by atoms with van der Waals surface area (Å²) in [5, 5.41) is 0. The van der Waals surface area contributed by atoms with E-state index in [1.807, 2.05) is 60.7 Å². The van der Waals surface area contributed by atoms with Gasteiger partial charge in [-0.3, -0.25) is 0 Å². The number of rotatable bonds is 6. The fraction of sp³-hybridized carbons (Fsp3) is 0.143. The summed E-state index contributed by atoms with van der Waals surface area (Å²) in [4.78, 5) is 19.4. The number of benzene rings is 2. The van der Waals surface area contributed by atoms with Crippen molar-refractivity contribution in [3.05, 3.63) is 71.8 Å². The third-order valence-electron chi connectivity index (χ3n) is 2.54. The molecule has 0 saturated carbocycles. The summed E-state index contributed by atoms with van der Waals surface area (Å²) in [7, 11) is -4.07. The van der Waals surface area contributed by atoms with Crippen LogP contribution in [0, 0.1) is 0 Å². The molecule has 100 valence electrons. The molecule has 2 aromatic carbocycles. The second kappa shape index (κ2) is 6.60. The quantitative estimate of drug-likeness (QED) is 0.790. The molecule has 2 aromatic rings. The minimum absolute atomic E-state index is 0.120. The Hall–Kier alpha value is -1.50. The van der Waals surface area contributed by atoms with E-state index in [9.17, 15) is 9.59 Å². The standard InChI is InChI=1S/C14H16O4Si/c15-19(16,17-11-13-7-3-1-4-8-13)18-12-14-9-5-2-6-10-14/h1-10,15-16H,11-12H2. The maximum Gasteiger partial charge on any atom is 0.674 e. The first kappa shape index (κ1) is 13.9. The van der Waals surface area contributed by atoms with Crippen LogP contribution in [-0.2, 0) is 22.1 Å². The molecule has 0 spiro atoms. The lowest BCUT2D eigenvalue weighted by Crippen LogP contribution is -2.42. The van der Waals surface area contributed by atoms with Crippen molar-refractivity contribution in [1.82, 2.24) is 0 Å². The molecule has 0 unspecified atom stereocenters. The van der Waals surface area contributed by atoms with Gasteiger partial charge in [0.1, 0.15) is 0 Å². The highest BCUT2D eigenvalue weighted by Gasteiger charge is 2.36. The van der Waals surface area contributed by atoms with Gasteiger partial charge in [0.05, 0.1) is 13.2 Å². The summed E-state index contributed by atoms with van der Waals surface area (Å²) in [5.41, 5.74) is 1.73. The topological polar surface area (TPSA) is 58.9 Å². The Bertz CT molecular complexity index is 442. The van der Waals surface area contributed by atoms with Gasteiger partial charge >= 0.3 is 9.05 Å². The smallest absolute Gasteiger partial charge is 0.367 e. The van der Waals surface area contributed by atoms with Crippen LogP contribution in [0.25, 0.3) is 0 Å². The molecule has 2 N–H and O–H groups in total. The van der Waals surface area contributed by atoms with E-state index < -0.39 is 9.05 Å². The van der Waals surface area contributed by atoms with Crippen LogP contribution >= 0.6 is 0 Å². The zero-order chi connectivity index (χ0) is 13.6. The molecular weight excluding hydrogens is 260 g/mol. The lowest BCUT2D eigenvalue weighted by Gasteiger charge is -2.17. The fourth-order valence-corrected chi connectivity index (χ4v) is 2.34.